The van der Waals surface area contributed by atoms with Gasteiger partial charge >= 0.3 is 0 Å². The van der Waals surface area contributed by atoms with Gasteiger partial charge in [0.15, 0.2) is 0 Å². The van der Waals surface area contributed by atoms with Crippen LogP contribution in [-0.2, 0) is 13.5 Å². The van der Waals surface area contributed by atoms with Gasteiger partial charge in [-0.2, -0.15) is 0 Å². The largest absolute Gasteiger partial charge is 0.396 e. The highest BCUT2D eigenvalue weighted by Crippen LogP contribution is 2.23. The lowest BCUT2D eigenvalue weighted by Gasteiger charge is -2.08. The Balaban J connectivity index is 2.31. The molecule has 3 heteroatoms. The molecule has 1 aromatic carbocycles. The van der Waals surface area contributed by atoms with Gasteiger partial charge in [-0.1, -0.05) is 38.1 Å². The molecule has 3 nitrogen and oxygen atoms in total. The van der Waals surface area contributed by atoms with Crippen molar-refractivity contribution in [3.8, 4) is 11.3 Å². The van der Waals surface area contributed by atoms with Crippen LogP contribution in [0.2, 0.25) is 0 Å². The number of rotatable bonds is 4. The molecule has 0 amide bonds. The van der Waals surface area contributed by atoms with Crippen LogP contribution in [0, 0.1) is 0 Å². The minimum absolute atomic E-state index is 0.135. The Hall–Kier alpha value is -1.61. The van der Waals surface area contributed by atoms with Crippen molar-refractivity contribution < 1.29 is 5.11 Å². The highest BCUT2D eigenvalue weighted by molar-refractivity contribution is 5.59. The predicted molar refractivity (Wildman–Crippen MR) is 73.5 cm³/mol. The topological polar surface area (TPSA) is 38.1 Å². The summed E-state index contributed by atoms with van der Waals surface area (Å²) < 4.78 is 2.04. The number of aliphatic hydroxyl groups is 1. The van der Waals surface area contributed by atoms with Crippen LogP contribution in [0.25, 0.3) is 11.3 Å². The molecule has 0 aliphatic rings. The molecule has 1 heterocycles. The third-order valence-electron chi connectivity index (χ3n) is 3.29. The van der Waals surface area contributed by atoms with Crippen molar-refractivity contribution >= 4 is 0 Å². The zero-order chi connectivity index (χ0) is 13.1. The van der Waals surface area contributed by atoms with Gasteiger partial charge in [0, 0.05) is 13.5 Å². The molecule has 0 radical (unpaired) electrons. The van der Waals surface area contributed by atoms with Crippen molar-refractivity contribution in [2.45, 2.75) is 26.2 Å². The van der Waals surface area contributed by atoms with E-state index >= 15 is 0 Å². The average Bonchev–Trinajstić information content (AvgIpc) is 2.72. The van der Waals surface area contributed by atoms with E-state index in [1.54, 1.807) is 0 Å². The van der Waals surface area contributed by atoms with Crippen molar-refractivity contribution in [3.05, 3.63) is 41.9 Å². The first-order chi connectivity index (χ1) is 8.63. The van der Waals surface area contributed by atoms with Gasteiger partial charge in [0.05, 0.1) is 18.5 Å². The van der Waals surface area contributed by atoms with Crippen LogP contribution in [0.15, 0.2) is 30.5 Å². The van der Waals surface area contributed by atoms with E-state index in [9.17, 15) is 0 Å². The van der Waals surface area contributed by atoms with E-state index in [0.717, 1.165) is 11.5 Å². The molecule has 0 aliphatic heterocycles. The maximum atomic E-state index is 8.97. The highest BCUT2D eigenvalue weighted by Gasteiger charge is 2.08. The van der Waals surface area contributed by atoms with Crippen LogP contribution in [-0.4, -0.2) is 21.3 Å². The summed E-state index contributed by atoms with van der Waals surface area (Å²) >= 11 is 0. The molecule has 0 fully saturated rings. The fourth-order valence-electron chi connectivity index (χ4n) is 2.09. The predicted octanol–water partition coefficient (Wildman–Crippen LogP) is 2.75. The maximum Gasteiger partial charge on any atom is 0.111 e. The quantitative estimate of drug-likeness (QED) is 0.898. The Kier molecular flexibility index (Phi) is 3.82. The summed E-state index contributed by atoms with van der Waals surface area (Å²) in [5.74, 6) is 1.47. The SMILES string of the molecule is CC(C)c1ccc(-c2cnc(CCO)n2C)cc1. The number of nitrogens with zero attached hydrogens (tertiary/aromatic N) is 2. The molecule has 0 unspecified atom stereocenters. The van der Waals surface area contributed by atoms with Crippen molar-refractivity contribution in [3.63, 3.8) is 0 Å². The van der Waals surface area contributed by atoms with Gasteiger partial charge in [-0.15, -0.1) is 0 Å². The smallest absolute Gasteiger partial charge is 0.111 e. The third kappa shape index (κ3) is 2.46. The molecule has 0 spiro atoms. The Bertz CT molecular complexity index is 512. The minimum atomic E-state index is 0.135. The number of hydrogen-bond acceptors (Lipinski definition) is 2. The molecule has 0 atom stereocenters. The molecular formula is C15H20N2O. The second-order valence-corrected chi connectivity index (χ2v) is 4.87. The monoisotopic (exact) mass is 244 g/mol. The molecule has 0 aliphatic carbocycles. The Morgan fingerprint density at radius 3 is 2.44 bits per heavy atom. The average molecular weight is 244 g/mol. The first-order valence-corrected chi connectivity index (χ1v) is 6.35. The second-order valence-electron chi connectivity index (χ2n) is 4.87. The van der Waals surface area contributed by atoms with E-state index in [2.05, 4.69) is 43.1 Å². The normalized spacial score (nSPS) is 11.2. The molecular weight excluding hydrogens is 224 g/mol. The third-order valence-corrected chi connectivity index (χ3v) is 3.29. The lowest BCUT2D eigenvalue weighted by atomic mass is 10.0. The molecule has 0 saturated carbocycles. The van der Waals surface area contributed by atoms with Crippen molar-refractivity contribution in [1.82, 2.24) is 9.55 Å². The summed E-state index contributed by atoms with van der Waals surface area (Å²) in [5.41, 5.74) is 3.60. The van der Waals surface area contributed by atoms with Crippen molar-refractivity contribution in [2.75, 3.05) is 6.61 Å². The molecule has 1 aromatic heterocycles. The molecule has 1 N–H and O–H groups in total. The van der Waals surface area contributed by atoms with E-state index in [-0.39, 0.29) is 6.61 Å². The number of aromatic nitrogens is 2. The van der Waals surface area contributed by atoms with Crippen LogP contribution in [0.5, 0.6) is 0 Å². The van der Waals surface area contributed by atoms with Gasteiger partial charge in [-0.25, -0.2) is 4.98 Å². The van der Waals surface area contributed by atoms with E-state index in [0.29, 0.717) is 12.3 Å². The fraction of sp³-hybridized carbons (Fsp3) is 0.400. The summed E-state index contributed by atoms with van der Waals surface area (Å²) in [6.07, 6.45) is 2.47. The molecule has 0 saturated heterocycles. The summed E-state index contributed by atoms with van der Waals surface area (Å²) in [6, 6.07) is 8.60. The number of aliphatic hydroxyl groups excluding tert-OH is 1. The Labute approximate surface area is 108 Å². The summed E-state index contributed by atoms with van der Waals surface area (Å²) in [7, 11) is 1.99. The molecule has 18 heavy (non-hydrogen) atoms. The van der Waals surface area contributed by atoms with E-state index in [1.165, 1.54) is 11.1 Å². The van der Waals surface area contributed by atoms with Crippen LogP contribution >= 0.6 is 0 Å². The van der Waals surface area contributed by atoms with Gasteiger partial charge in [-0.05, 0) is 17.0 Å². The van der Waals surface area contributed by atoms with Gasteiger partial charge in [0.2, 0.25) is 0 Å². The summed E-state index contributed by atoms with van der Waals surface area (Å²) in [5, 5.41) is 8.97. The van der Waals surface area contributed by atoms with Gasteiger partial charge < -0.3 is 9.67 Å². The van der Waals surface area contributed by atoms with Crippen LogP contribution in [0.3, 0.4) is 0 Å². The Morgan fingerprint density at radius 1 is 1.22 bits per heavy atom. The van der Waals surface area contributed by atoms with Crippen molar-refractivity contribution in [1.29, 1.82) is 0 Å². The van der Waals surface area contributed by atoms with E-state index in [4.69, 9.17) is 5.11 Å². The second kappa shape index (κ2) is 5.36. The lowest BCUT2D eigenvalue weighted by molar-refractivity contribution is 0.295. The minimum Gasteiger partial charge on any atom is -0.396 e. The van der Waals surface area contributed by atoms with Gasteiger partial charge in [0.25, 0.3) is 0 Å². The molecule has 2 aromatic rings. The van der Waals surface area contributed by atoms with Gasteiger partial charge in [0.1, 0.15) is 5.82 Å². The standard InChI is InChI=1S/C15H20N2O/c1-11(2)12-4-6-13(7-5-12)14-10-16-15(8-9-18)17(14)3/h4-7,10-11,18H,8-9H2,1-3H3. The molecule has 96 valence electrons. The summed E-state index contributed by atoms with van der Waals surface area (Å²) in [6.45, 7) is 4.52. The highest BCUT2D eigenvalue weighted by atomic mass is 16.3. The van der Waals surface area contributed by atoms with Crippen LogP contribution in [0.4, 0.5) is 0 Å². The van der Waals surface area contributed by atoms with Crippen LogP contribution in [0.1, 0.15) is 31.2 Å². The van der Waals surface area contributed by atoms with E-state index in [1.807, 2.05) is 17.8 Å². The Morgan fingerprint density at radius 2 is 1.89 bits per heavy atom. The van der Waals surface area contributed by atoms with Gasteiger partial charge in [-0.3, -0.25) is 0 Å². The number of hydrogen-bond donors (Lipinski definition) is 1. The lowest BCUT2D eigenvalue weighted by Crippen LogP contribution is -2.02. The van der Waals surface area contributed by atoms with E-state index < -0.39 is 0 Å². The summed E-state index contributed by atoms with van der Waals surface area (Å²) in [4.78, 5) is 4.34. The number of benzene rings is 1. The fourth-order valence-corrected chi connectivity index (χ4v) is 2.09. The zero-order valence-electron chi connectivity index (χ0n) is 11.2. The zero-order valence-corrected chi connectivity index (χ0v) is 11.2. The van der Waals surface area contributed by atoms with Crippen molar-refractivity contribution in [2.24, 2.45) is 7.05 Å². The molecule has 0 bridgehead atoms. The maximum absolute atomic E-state index is 8.97. The first kappa shape index (κ1) is 12.8. The number of imidazole rings is 1. The van der Waals surface area contributed by atoms with Crippen LogP contribution < -0.4 is 0 Å². The first-order valence-electron chi connectivity index (χ1n) is 6.35. The molecule has 2 rings (SSSR count).